The van der Waals surface area contributed by atoms with Crippen molar-refractivity contribution in [3.05, 3.63) is 29.2 Å². The second-order valence-electron chi connectivity index (χ2n) is 4.80. The van der Waals surface area contributed by atoms with E-state index in [1.165, 1.54) is 6.07 Å². The van der Waals surface area contributed by atoms with Gasteiger partial charge in [0.25, 0.3) is 0 Å². The third kappa shape index (κ3) is 2.52. The SMILES string of the molecule is CC(C)S(=O)(=O)CC1=CS(=O)(=O)c2cc(N)ccc21. The summed E-state index contributed by atoms with van der Waals surface area (Å²) in [6, 6.07) is 4.47. The van der Waals surface area contributed by atoms with Crippen molar-refractivity contribution in [1.29, 1.82) is 0 Å². The Labute approximate surface area is 113 Å². The van der Waals surface area contributed by atoms with E-state index in [1.807, 2.05) is 0 Å². The second-order valence-corrected chi connectivity index (χ2v) is 9.12. The first-order valence-electron chi connectivity index (χ1n) is 5.70. The number of benzene rings is 1. The molecule has 0 radical (unpaired) electrons. The van der Waals surface area contributed by atoms with Crippen LogP contribution in [0.15, 0.2) is 28.5 Å². The van der Waals surface area contributed by atoms with Crippen LogP contribution in [0, 0.1) is 0 Å². The molecule has 0 bridgehead atoms. The topological polar surface area (TPSA) is 94.3 Å². The van der Waals surface area contributed by atoms with Gasteiger partial charge in [-0.25, -0.2) is 16.8 Å². The normalized spacial score (nSPS) is 17.3. The van der Waals surface area contributed by atoms with Crippen molar-refractivity contribution in [2.24, 2.45) is 0 Å². The van der Waals surface area contributed by atoms with Gasteiger partial charge in [0.15, 0.2) is 9.84 Å². The Morgan fingerprint density at radius 2 is 1.89 bits per heavy atom. The summed E-state index contributed by atoms with van der Waals surface area (Å²) in [4.78, 5) is 0.0847. The molecule has 1 aliphatic rings. The van der Waals surface area contributed by atoms with Gasteiger partial charge in [0, 0.05) is 11.1 Å². The summed E-state index contributed by atoms with van der Waals surface area (Å²) in [7, 11) is -6.93. The second kappa shape index (κ2) is 4.35. The molecule has 0 saturated heterocycles. The first-order chi connectivity index (χ1) is 8.63. The van der Waals surface area contributed by atoms with Crippen LogP contribution in [0.1, 0.15) is 19.4 Å². The van der Waals surface area contributed by atoms with Crippen molar-refractivity contribution in [2.45, 2.75) is 24.0 Å². The molecule has 0 spiro atoms. The minimum atomic E-state index is -3.58. The number of hydrogen-bond donors (Lipinski definition) is 1. The Morgan fingerprint density at radius 1 is 1.26 bits per heavy atom. The average molecular weight is 301 g/mol. The zero-order chi connectivity index (χ0) is 14.4. The highest BCUT2D eigenvalue weighted by atomic mass is 32.2. The summed E-state index contributed by atoms with van der Waals surface area (Å²) >= 11 is 0. The van der Waals surface area contributed by atoms with E-state index in [0.29, 0.717) is 16.8 Å². The lowest BCUT2D eigenvalue weighted by Crippen LogP contribution is -2.18. The number of anilines is 1. The van der Waals surface area contributed by atoms with Gasteiger partial charge in [-0.15, -0.1) is 0 Å². The molecule has 5 nitrogen and oxygen atoms in total. The van der Waals surface area contributed by atoms with Gasteiger partial charge in [-0.05, 0) is 37.1 Å². The van der Waals surface area contributed by atoms with Crippen LogP contribution in [-0.2, 0) is 19.7 Å². The van der Waals surface area contributed by atoms with Crippen LogP contribution < -0.4 is 5.73 Å². The van der Waals surface area contributed by atoms with Gasteiger partial charge in [-0.2, -0.15) is 0 Å². The van der Waals surface area contributed by atoms with E-state index in [9.17, 15) is 16.8 Å². The summed E-state index contributed by atoms with van der Waals surface area (Å²) < 4.78 is 47.7. The molecular formula is C12H15NO4S2. The van der Waals surface area contributed by atoms with Crippen LogP contribution in [0.4, 0.5) is 5.69 Å². The van der Waals surface area contributed by atoms with E-state index in [4.69, 9.17) is 5.73 Å². The Kier molecular flexibility index (Phi) is 3.22. The van der Waals surface area contributed by atoms with Crippen molar-refractivity contribution in [3.63, 3.8) is 0 Å². The zero-order valence-electron chi connectivity index (χ0n) is 10.6. The predicted octanol–water partition coefficient (Wildman–Crippen LogP) is 1.22. The van der Waals surface area contributed by atoms with Crippen LogP contribution in [0.5, 0.6) is 0 Å². The van der Waals surface area contributed by atoms with E-state index in [1.54, 1.807) is 26.0 Å². The number of rotatable bonds is 3. The molecule has 1 aromatic rings. The molecule has 0 amide bonds. The lowest BCUT2D eigenvalue weighted by atomic mass is 10.1. The molecule has 0 aliphatic carbocycles. The van der Waals surface area contributed by atoms with Crippen molar-refractivity contribution in [1.82, 2.24) is 0 Å². The van der Waals surface area contributed by atoms with Gasteiger partial charge in [0.2, 0.25) is 9.84 Å². The fourth-order valence-corrected chi connectivity index (χ4v) is 4.48. The van der Waals surface area contributed by atoms with Crippen LogP contribution in [0.3, 0.4) is 0 Å². The van der Waals surface area contributed by atoms with E-state index in [0.717, 1.165) is 5.41 Å². The lowest BCUT2D eigenvalue weighted by Gasteiger charge is -2.09. The summed E-state index contributed by atoms with van der Waals surface area (Å²) in [6.45, 7) is 3.15. The fourth-order valence-electron chi connectivity index (χ4n) is 1.85. The first-order valence-corrected chi connectivity index (χ1v) is 8.97. The van der Waals surface area contributed by atoms with E-state index in [-0.39, 0.29) is 10.6 Å². The number of hydrogen-bond acceptors (Lipinski definition) is 5. The van der Waals surface area contributed by atoms with Crippen LogP contribution >= 0.6 is 0 Å². The Morgan fingerprint density at radius 3 is 2.47 bits per heavy atom. The predicted molar refractivity (Wildman–Crippen MR) is 74.9 cm³/mol. The maximum absolute atomic E-state index is 11.9. The molecule has 1 heterocycles. The summed E-state index contributed by atoms with van der Waals surface area (Å²) in [5, 5.41) is 0.478. The highest BCUT2D eigenvalue weighted by Gasteiger charge is 2.30. The Bertz CT molecular complexity index is 759. The van der Waals surface area contributed by atoms with E-state index in [2.05, 4.69) is 0 Å². The Balaban J connectivity index is 2.53. The molecule has 2 N–H and O–H groups in total. The van der Waals surface area contributed by atoms with E-state index >= 15 is 0 Å². The molecule has 0 aromatic heterocycles. The first kappa shape index (κ1) is 14.1. The average Bonchev–Trinajstić information content (AvgIpc) is 2.49. The molecule has 0 fully saturated rings. The molecule has 0 unspecified atom stereocenters. The maximum atomic E-state index is 11.9. The Hall–Kier alpha value is -1.34. The molecule has 19 heavy (non-hydrogen) atoms. The quantitative estimate of drug-likeness (QED) is 0.847. The molecule has 2 rings (SSSR count). The lowest BCUT2D eigenvalue weighted by molar-refractivity contribution is 0.591. The molecular weight excluding hydrogens is 286 g/mol. The van der Waals surface area contributed by atoms with Gasteiger partial charge >= 0.3 is 0 Å². The fraction of sp³-hybridized carbons (Fsp3) is 0.333. The van der Waals surface area contributed by atoms with Gasteiger partial charge in [-0.3, -0.25) is 0 Å². The highest BCUT2D eigenvalue weighted by Crippen LogP contribution is 2.35. The monoisotopic (exact) mass is 301 g/mol. The van der Waals surface area contributed by atoms with Gasteiger partial charge in [-0.1, -0.05) is 6.07 Å². The van der Waals surface area contributed by atoms with Crippen molar-refractivity contribution < 1.29 is 16.8 Å². The van der Waals surface area contributed by atoms with Crippen LogP contribution in [0.2, 0.25) is 0 Å². The summed E-state index contributed by atoms with van der Waals surface area (Å²) in [5.74, 6) is -0.277. The zero-order valence-corrected chi connectivity index (χ0v) is 12.3. The molecule has 0 atom stereocenters. The summed E-state index contributed by atoms with van der Waals surface area (Å²) in [5.41, 5.74) is 6.64. The minimum absolute atomic E-state index is 0.0847. The third-order valence-electron chi connectivity index (χ3n) is 3.03. The molecule has 1 aromatic carbocycles. The number of nitrogen functional groups attached to an aromatic ring is 1. The van der Waals surface area contributed by atoms with Gasteiger partial charge < -0.3 is 5.73 Å². The molecule has 0 saturated carbocycles. The standard InChI is InChI=1S/C12H15NO4S2/c1-8(2)18(14,15)6-9-7-19(16,17)12-5-10(13)3-4-11(9)12/h3-5,7-8H,6,13H2,1-2H3. The van der Waals surface area contributed by atoms with Crippen molar-refractivity contribution in [3.8, 4) is 0 Å². The number of nitrogens with two attached hydrogens (primary N) is 1. The molecule has 104 valence electrons. The number of sulfone groups is 2. The van der Waals surface area contributed by atoms with Crippen molar-refractivity contribution in [2.75, 3.05) is 11.5 Å². The minimum Gasteiger partial charge on any atom is -0.399 e. The number of fused-ring (bicyclic) bond motifs is 1. The van der Waals surface area contributed by atoms with Gasteiger partial charge in [0.05, 0.1) is 15.9 Å². The largest absolute Gasteiger partial charge is 0.399 e. The summed E-state index contributed by atoms with van der Waals surface area (Å²) in [6.07, 6.45) is 0. The molecule has 7 heteroatoms. The van der Waals surface area contributed by atoms with Crippen molar-refractivity contribution >= 4 is 30.9 Å². The van der Waals surface area contributed by atoms with Crippen LogP contribution in [0.25, 0.3) is 5.57 Å². The maximum Gasteiger partial charge on any atom is 0.200 e. The smallest absolute Gasteiger partial charge is 0.200 e. The van der Waals surface area contributed by atoms with E-state index < -0.39 is 24.9 Å². The van der Waals surface area contributed by atoms with Gasteiger partial charge in [0.1, 0.15) is 0 Å². The molecule has 1 aliphatic heterocycles. The highest BCUT2D eigenvalue weighted by molar-refractivity contribution is 7.95. The third-order valence-corrected chi connectivity index (χ3v) is 6.73. The van der Waals surface area contributed by atoms with Crippen LogP contribution in [-0.4, -0.2) is 27.8 Å².